The fraction of sp³-hybridized carbons (Fsp3) is 0.476. The number of phenolic OH excluding ortho intramolecular Hbond substituents is 1. The summed E-state index contributed by atoms with van der Waals surface area (Å²) in [6.45, 7) is 0. The number of hydrogen-bond acceptors (Lipinski definition) is 9. The number of thiol groups is 1. The molecule has 1 rings (SSSR count). The number of nitrogens with one attached hydrogen (secondary N) is 3. The largest absolute Gasteiger partial charge is 0.508 e. The van der Waals surface area contributed by atoms with Crippen LogP contribution in [0.4, 0.5) is 0 Å². The number of carbonyl (C=O) groups is 5. The molecule has 0 aliphatic heterocycles. The van der Waals surface area contributed by atoms with Gasteiger partial charge in [0.2, 0.25) is 23.6 Å². The van der Waals surface area contributed by atoms with Crippen LogP contribution in [-0.2, 0) is 30.4 Å². The number of thioether (sulfide) groups is 1. The molecule has 4 atom stereocenters. The molecule has 0 saturated heterocycles. The Morgan fingerprint density at radius 3 is 2.03 bits per heavy atom. The fourth-order valence-electron chi connectivity index (χ4n) is 2.87. The Balaban J connectivity index is 3.00. The summed E-state index contributed by atoms with van der Waals surface area (Å²) in [5, 5.41) is 25.8. The monoisotopic (exact) mass is 529 g/mol. The van der Waals surface area contributed by atoms with Crippen molar-refractivity contribution < 1.29 is 34.2 Å². The molecular formula is C21H31N5O7S2. The van der Waals surface area contributed by atoms with Gasteiger partial charge in [0, 0.05) is 12.2 Å². The number of nitrogens with two attached hydrogens (primary N) is 2. The van der Waals surface area contributed by atoms with E-state index in [0.29, 0.717) is 17.7 Å². The average molecular weight is 530 g/mol. The molecule has 0 bridgehead atoms. The van der Waals surface area contributed by atoms with E-state index in [1.54, 1.807) is 12.1 Å². The van der Waals surface area contributed by atoms with Crippen molar-refractivity contribution in [1.82, 2.24) is 16.0 Å². The molecule has 4 unspecified atom stereocenters. The van der Waals surface area contributed by atoms with Crippen molar-refractivity contribution >= 4 is 54.0 Å². The van der Waals surface area contributed by atoms with E-state index in [0.717, 1.165) is 0 Å². The zero-order valence-corrected chi connectivity index (χ0v) is 20.8. The minimum absolute atomic E-state index is 0.0213. The Morgan fingerprint density at radius 1 is 0.971 bits per heavy atom. The Bertz CT molecular complexity index is 901. The van der Waals surface area contributed by atoms with E-state index < -0.39 is 60.2 Å². The minimum atomic E-state index is -1.58. The maximum Gasteiger partial charge on any atom is 0.326 e. The Hall–Kier alpha value is -2.97. The molecule has 35 heavy (non-hydrogen) atoms. The second-order valence-electron chi connectivity index (χ2n) is 7.63. The van der Waals surface area contributed by atoms with Gasteiger partial charge in [0.05, 0.1) is 12.5 Å². The van der Waals surface area contributed by atoms with Gasteiger partial charge < -0.3 is 37.6 Å². The summed E-state index contributed by atoms with van der Waals surface area (Å²) in [5.74, 6) is -4.13. The van der Waals surface area contributed by atoms with E-state index in [1.807, 2.05) is 6.26 Å². The standard InChI is InChI=1S/C21H31N5O7S2/c1-35-7-6-13(22)18(29)24-14(8-11-2-4-12(27)5-3-11)19(30)26-16(10-34)20(31)25-15(21(32)33)9-17(23)28/h2-5,13-16,27,34H,6-10,22H2,1H3,(H2,23,28)(H,24,29)(H,25,31)(H,26,30)(H,32,33). The van der Waals surface area contributed by atoms with Crippen molar-refractivity contribution in [3.8, 4) is 5.75 Å². The number of benzene rings is 1. The number of carboxylic acids is 1. The van der Waals surface area contributed by atoms with Crippen LogP contribution in [0.1, 0.15) is 18.4 Å². The van der Waals surface area contributed by atoms with Crippen molar-refractivity contribution in [2.75, 3.05) is 17.8 Å². The molecule has 194 valence electrons. The number of aromatic hydroxyl groups is 1. The van der Waals surface area contributed by atoms with E-state index >= 15 is 0 Å². The first-order valence-corrected chi connectivity index (χ1v) is 12.6. The normalized spacial score (nSPS) is 14.1. The molecule has 12 nitrogen and oxygen atoms in total. The van der Waals surface area contributed by atoms with E-state index in [9.17, 15) is 34.2 Å². The molecule has 1 aromatic carbocycles. The quantitative estimate of drug-likeness (QED) is 0.122. The zero-order chi connectivity index (χ0) is 26.5. The molecular weight excluding hydrogens is 498 g/mol. The third-order valence-corrected chi connectivity index (χ3v) is 5.82. The van der Waals surface area contributed by atoms with Crippen LogP contribution in [-0.4, -0.2) is 81.7 Å². The molecule has 9 N–H and O–H groups in total. The second-order valence-corrected chi connectivity index (χ2v) is 8.98. The van der Waals surface area contributed by atoms with E-state index in [2.05, 4.69) is 28.6 Å². The Morgan fingerprint density at radius 2 is 1.51 bits per heavy atom. The summed E-state index contributed by atoms with van der Waals surface area (Å²) in [7, 11) is 0. The molecule has 0 radical (unpaired) electrons. The first-order chi connectivity index (χ1) is 16.5. The Labute approximate surface area is 212 Å². The summed E-state index contributed by atoms with van der Waals surface area (Å²) in [4.78, 5) is 60.5. The zero-order valence-electron chi connectivity index (χ0n) is 19.1. The van der Waals surface area contributed by atoms with Gasteiger partial charge in [-0.1, -0.05) is 12.1 Å². The van der Waals surface area contributed by atoms with Crippen LogP contribution in [0.5, 0.6) is 5.75 Å². The number of aliphatic carboxylic acids is 1. The van der Waals surface area contributed by atoms with Gasteiger partial charge in [0.1, 0.15) is 23.9 Å². The highest BCUT2D eigenvalue weighted by Gasteiger charge is 2.30. The SMILES string of the molecule is CSCCC(N)C(=O)NC(Cc1ccc(O)cc1)C(=O)NC(CS)C(=O)NC(CC(N)=O)C(=O)O. The molecule has 1 aromatic rings. The van der Waals surface area contributed by atoms with Crippen LogP contribution in [0.25, 0.3) is 0 Å². The highest BCUT2D eigenvalue weighted by molar-refractivity contribution is 7.98. The lowest BCUT2D eigenvalue weighted by Gasteiger charge is -2.24. The maximum atomic E-state index is 13.0. The first-order valence-electron chi connectivity index (χ1n) is 10.5. The van der Waals surface area contributed by atoms with Crippen LogP contribution in [0.2, 0.25) is 0 Å². The number of primary amides is 1. The minimum Gasteiger partial charge on any atom is -0.508 e. The second kappa shape index (κ2) is 15.1. The number of carbonyl (C=O) groups excluding carboxylic acids is 4. The van der Waals surface area contributed by atoms with Gasteiger partial charge >= 0.3 is 5.97 Å². The van der Waals surface area contributed by atoms with Crippen LogP contribution < -0.4 is 27.4 Å². The summed E-state index contributed by atoms with van der Waals surface area (Å²) < 4.78 is 0. The molecule has 0 aliphatic carbocycles. The van der Waals surface area contributed by atoms with Gasteiger partial charge in [-0.25, -0.2) is 4.79 Å². The van der Waals surface area contributed by atoms with Gasteiger partial charge in [-0.2, -0.15) is 24.4 Å². The highest BCUT2D eigenvalue weighted by Crippen LogP contribution is 2.12. The van der Waals surface area contributed by atoms with Crippen molar-refractivity contribution in [2.45, 2.75) is 43.4 Å². The van der Waals surface area contributed by atoms with Crippen LogP contribution in [0, 0.1) is 0 Å². The van der Waals surface area contributed by atoms with Crippen LogP contribution in [0.15, 0.2) is 24.3 Å². The van der Waals surface area contributed by atoms with Crippen molar-refractivity contribution in [3.63, 3.8) is 0 Å². The lowest BCUT2D eigenvalue weighted by Crippen LogP contribution is -2.58. The van der Waals surface area contributed by atoms with Gasteiger partial charge in [-0.15, -0.1) is 0 Å². The summed E-state index contributed by atoms with van der Waals surface area (Å²) in [5.41, 5.74) is 11.5. The lowest BCUT2D eigenvalue weighted by molar-refractivity contribution is -0.143. The third-order valence-electron chi connectivity index (χ3n) is 4.81. The number of hydrogen-bond donors (Lipinski definition) is 8. The molecule has 0 saturated carbocycles. The fourth-order valence-corrected chi connectivity index (χ4v) is 3.62. The molecule has 0 aliphatic rings. The number of rotatable bonds is 15. The smallest absolute Gasteiger partial charge is 0.326 e. The van der Waals surface area contributed by atoms with Crippen LogP contribution >= 0.6 is 24.4 Å². The van der Waals surface area contributed by atoms with Crippen LogP contribution in [0.3, 0.4) is 0 Å². The van der Waals surface area contributed by atoms with Gasteiger partial charge in [-0.05, 0) is 36.1 Å². The molecule has 14 heteroatoms. The predicted molar refractivity (Wildman–Crippen MR) is 134 cm³/mol. The number of amides is 4. The van der Waals surface area contributed by atoms with Crippen molar-refractivity contribution in [1.29, 1.82) is 0 Å². The summed E-state index contributed by atoms with van der Waals surface area (Å²) >= 11 is 5.56. The molecule has 4 amide bonds. The first kappa shape index (κ1) is 30.1. The van der Waals surface area contributed by atoms with Gasteiger partial charge in [0.15, 0.2) is 0 Å². The highest BCUT2D eigenvalue weighted by atomic mass is 32.2. The molecule has 0 heterocycles. The predicted octanol–water partition coefficient (Wildman–Crippen LogP) is -1.64. The molecule has 0 spiro atoms. The third kappa shape index (κ3) is 10.9. The van der Waals surface area contributed by atoms with E-state index in [1.165, 1.54) is 23.9 Å². The van der Waals surface area contributed by atoms with Crippen molar-refractivity contribution in [3.05, 3.63) is 29.8 Å². The summed E-state index contributed by atoms with van der Waals surface area (Å²) in [6, 6.07) is 1.14. The van der Waals surface area contributed by atoms with Crippen molar-refractivity contribution in [2.24, 2.45) is 11.5 Å². The molecule has 0 fully saturated rings. The lowest BCUT2D eigenvalue weighted by atomic mass is 10.0. The number of carboxylic acid groups (broad SMARTS) is 1. The topological polar surface area (TPSA) is 214 Å². The van der Waals surface area contributed by atoms with E-state index in [4.69, 9.17) is 11.5 Å². The average Bonchev–Trinajstić information content (AvgIpc) is 2.80. The molecule has 0 aromatic heterocycles. The number of phenols is 1. The summed E-state index contributed by atoms with van der Waals surface area (Å²) in [6.07, 6.45) is 1.64. The van der Waals surface area contributed by atoms with E-state index in [-0.39, 0.29) is 17.9 Å². The van der Waals surface area contributed by atoms with Gasteiger partial charge in [0.25, 0.3) is 0 Å². The van der Waals surface area contributed by atoms with Gasteiger partial charge in [-0.3, -0.25) is 19.2 Å². The maximum absolute atomic E-state index is 13.0. The Kier molecular flexibility index (Phi) is 13.0.